The molecule has 0 radical (unpaired) electrons. The molecule has 1 aliphatic heterocycles. The number of halogens is 1. The molecule has 2 saturated carbocycles. The summed E-state index contributed by atoms with van der Waals surface area (Å²) in [5.74, 6) is 2.41. The summed E-state index contributed by atoms with van der Waals surface area (Å²) in [6, 6.07) is 5.76. The topological polar surface area (TPSA) is 59.4 Å². The van der Waals surface area contributed by atoms with E-state index < -0.39 is 0 Å². The standard InChI is InChI=1S/C25H25FN4O/c1-14-9-17-7-8-21(24(26)19(17)10-14)31-25-28-20(16-3-2-4-16)12-23(30-25)29-22-11-18(13-27-22)15-5-6-15/h7-8,10-12,15-16H,2-6,9,13H2,1H3,(H,27,28,29,30). The van der Waals surface area contributed by atoms with E-state index >= 15 is 4.39 Å². The fraction of sp³-hybridized carbons (Fsp3) is 0.400. The summed E-state index contributed by atoms with van der Waals surface area (Å²) in [4.78, 5) is 13.8. The Bertz CT molecular complexity index is 1160. The minimum Gasteiger partial charge on any atom is -0.421 e. The highest BCUT2D eigenvalue weighted by molar-refractivity contribution is 6.05. The average molecular weight is 417 g/mol. The Balaban J connectivity index is 1.29. The van der Waals surface area contributed by atoms with E-state index in [1.165, 1.54) is 24.8 Å². The van der Waals surface area contributed by atoms with E-state index in [-0.39, 0.29) is 17.6 Å². The molecule has 0 saturated heterocycles. The van der Waals surface area contributed by atoms with Crippen molar-refractivity contribution in [1.82, 2.24) is 9.97 Å². The van der Waals surface area contributed by atoms with Gasteiger partial charge in [0.2, 0.25) is 0 Å². The molecule has 0 unspecified atom stereocenters. The normalized spacial score (nSPS) is 20.0. The van der Waals surface area contributed by atoms with Gasteiger partial charge in [0.05, 0.1) is 12.2 Å². The van der Waals surface area contributed by atoms with E-state index in [1.807, 2.05) is 25.1 Å². The molecule has 1 N–H and O–H groups in total. The van der Waals surface area contributed by atoms with E-state index in [4.69, 9.17) is 4.74 Å². The van der Waals surface area contributed by atoms with Crippen molar-refractivity contribution in [2.24, 2.45) is 10.9 Å². The van der Waals surface area contributed by atoms with Crippen LogP contribution < -0.4 is 10.1 Å². The lowest BCUT2D eigenvalue weighted by atomic mass is 9.83. The van der Waals surface area contributed by atoms with Crippen molar-refractivity contribution in [2.45, 2.75) is 51.4 Å². The van der Waals surface area contributed by atoms with Gasteiger partial charge in [0.1, 0.15) is 11.7 Å². The number of anilines is 1. The molecule has 0 bridgehead atoms. The van der Waals surface area contributed by atoms with Crippen LogP contribution >= 0.6 is 0 Å². The summed E-state index contributed by atoms with van der Waals surface area (Å²) < 4.78 is 20.9. The van der Waals surface area contributed by atoms with Gasteiger partial charge in [0, 0.05) is 17.5 Å². The number of ether oxygens (including phenoxy) is 1. The van der Waals surface area contributed by atoms with Crippen molar-refractivity contribution in [1.29, 1.82) is 0 Å². The summed E-state index contributed by atoms with van der Waals surface area (Å²) in [6.45, 7) is 2.78. The lowest BCUT2D eigenvalue weighted by Crippen LogP contribution is -2.14. The third-order valence-electron chi connectivity index (χ3n) is 6.66. The minimum absolute atomic E-state index is 0.163. The zero-order chi connectivity index (χ0) is 20.9. The molecule has 0 spiro atoms. The number of amidine groups is 1. The molecule has 1 aromatic carbocycles. The van der Waals surface area contributed by atoms with Crippen LogP contribution in [0.15, 0.2) is 40.4 Å². The summed E-state index contributed by atoms with van der Waals surface area (Å²) in [5.41, 5.74) is 5.10. The molecule has 2 aromatic rings. The maximum absolute atomic E-state index is 15.1. The van der Waals surface area contributed by atoms with E-state index in [1.54, 1.807) is 6.07 Å². The van der Waals surface area contributed by atoms with Gasteiger partial charge in [-0.1, -0.05) is 24.1 Å². The van der Waals surface area contributed by atoms with Crippen LogP contribution in [0.25, 0.3) is 6.08 Å². The van der Waals surface area contributed by atoms with Crippen LogP contribution in [-0.4, -0.2) is 22.3 Å². The number of hydrogen-bond acceptors (Lipinski definition) is 5. The predicted molar refractivity (Wildman–Crippen MR) is 119 cm³/mol. The fourth-order valence-electron chi connectivity index (χ4n) is 4.52. The van der Waals surface area contributed by atoms with Crippen LogP contribution in [0.1, 0.15) is 61.8 Å². The van der Waals surface area contributed by atoms with Gasteiger partial charge in [-0.05, 0) is 68.2 Å². The highest BCUT2D eigenvalue weighted by atomic mass is 19.1. The van der Waals surface area contributed by atoms with Gasteiger partial charge in [-0.25, -0.2) is 4.39 Å². The van der Waals surface area contributed by atoms with Gasteiger partial charge in [-0.2, -0.15) is 9.97 Å². The Labute approximate surface area is 181 Å². The van der Waals surface area contributed by atoms with Gasteiger partial charge in [-0.3, -0.25) is 4.99 Å². The Morgan fingerprint density at radius 3 is 2.71 bits per heavy atom. The summed E-state index contributed by atoms with van der Waals surface area (Å²) >= 11 is 0. The quantitative estimate of drug-likeness (QED) is 0.670. The number of benzene rings is 1. The first-order valence-electron chi connectivity index (χ1n) is 11.2. The third kappa shape index (κ3) is 3.64. The smallest absolute Gasteiger partial charge is 0.324 e. The molecule has 6 rings (SSSR count). The first kappa shape index (κ1) is 18.7. The van der Waals surface area contributed by atoms with Crippen molar-refractivity contribution in [3.8, 4) is 11.8 Å². The number of nitrogens with zero attached hydrogens (tertiary/aromatic N) is 3. The van der Waals surface area contributed by atoms with Crippen molar-refractivity contribution in [3.63, 3.8) is 0 Å². The number of allylic oxidation sites excluding steroid dienone is 1. The maximum atomic E-state index is 15.1. The van der Waals surface area contributed by atoms with Crippen LogP contribution in [-0.2, 0) is 6.42 Å². The average Bonchev–Trinajstić information content (AvgIpc) is 3.32. The van der Waals surface area contributed by atoms with Gasteiger partial charge >= 0.3 is 6.01 Å². The number of fused-ring (bicyclic) bond motifs is 1. The number of hydrogen-bond donors (Lipinski definition) is 1. The minimum atomic E-state index is -0.348. The number of aliphatic imine (C=N–C) groups is 1. The molecule has 2 fully saturated rings. The maximum Gasteiger partial charge on any atom is 0.324 e. The lowest BCUT2D eigenvalue weighted by Gasteiger charge is -2.25. The van der Waals surface area contributed by atoms with Crippen LogP contribution in [0.3, 0.4) is 0 Å². The molecule has 0 amide bonds. The molecular formula is C25H25FN4O. The Morgan fingerprint density at radius 1 is 1.06 bits per heavy atom. The Kier molecular flexibility index (Phi) is 4.40. The monoisotopic (exact) mass is 416 g/mol. The lowest BCUT2D eigenvalue weighted by molar-refractivity contribution is 0.386. The molecule has 6 heteroatoms. The Morgan fingerprint density at radius 2 is 1.94 bits per heavy atom. The van der Waals surface area contributed by atoms with Gasteiger partial charge < -0.3 is 10.1 Å². The van der Waals surface area contributed by atoms with Crippen molar-refractivity contribution < 1.29 is 9.13 Å². The summed E-state index contributed by atoms with van der Waals surface area (Å²) in [5, 5.41) is 3.32. The molecule has 4 aliphatic rings. The Hall–Kier alpha value is -3.02. The van der Waals surface area contributed by atoms with E-state index in [0.717, 1.165) is 48.5 Å². The zero-order valence-corrected chi connectivity index (χ0v) is 17.6. The van der Waals surface area contributed by atoms with Crippen LogP contribution in [0.4, 0.5) is 10.2 Å². The van der Waals surface area contributed by atoms with Crippen LogP contribution in [0, 0.1) is 11.7 Å². The molecule has 2 heterocycles. The highest BCUT2D eigenvalue weighted by Gasteiger charge is 2.28. The molecule has 1 aromatic heterocycles. The SMILES string of the molecule is CC1=Cc2c(ccc(Oc3nc(NC4=NCC(C5CC5)=C4)cc(C4CCC4)n3)c2F)C1. The van der Waals surface area contributed by atoms with E-state index in [0.29, 0.717) is 23.2 Å². The van der Waals surface area contributed by atoms with Crippen molar-refractivity contribution in [3.05, 3.63) is 58.1 Å². The van der Waals surface area contributed by atoms with E-state index in [9.17, 15) is 0 Å². The van der Waals surface area contributed by atoms with Gasteiger partial charge in [0.15, 0.2) is 11.6 Å². The third-order valence-corrected chi connectivity index (χ3v) is 6.66. The van der Waals surface area contributed by atoms with Crippen molar-refractivity contribution in [2.75, 3.05) is 11.9 Å². The molecule has 158 valence electrons. The summed E-state index contributed by atoms with van der Waals surface area (Å²) in [7, 11) is 0. The highest BCUT2D eigenvalue weighted by Crippen LogP contribution is 2.39. The molecule has 0 atom stereocenters. The second-order valence-electron chi connectivity index (χ2n) is 9.13. The van der Waals surface area contributed by atoms with Gasteiger partial charge in [0.25, 0.3) is 0 Å². The van der Waals surface area contributed by atoms with Gasteiger partial charge in [-0.15, -0.1) is 0 Å². The molecule has 31 heavy (non-hydrogen) atoms. The molecule has 5 nitrogen and oxygen atoms in total. The zero-order valence-electron chi connectivity index (χ0n) is 17.6. The number of nitrogens with one attached hydrogen (secondary N) is 1. The van der Waals surface area contributed by atoms with Crippen molar-refractivity contribution >= 4 is 17.7 Å². The predicted octanol–water partition coefficient (Wildman–Crippen LogP) is 5.80. The summed E-state index contributed by atoms with van der Waals surface area (Å²) in [6.07, 6.45) is 10.8. The largest absolute Gasteiger partial charge is 0.421 e. The van der Waals surface area contributed by atoms with Crippen LogP contribution in [0.2, 0.25) is 0 Å². The first-order valence-corrected chi connectivity index (χ1v) is 11.2. The second-order valence-corrected chi connectivity index (χ2v) is 9.13. The second kappa shape index (κ2) is 7.29. The number of rotatable bonds is 5. The van der Waals surface area contributed by atoms with E-state index in [2.05, 4.69) is 26.4 Å². The molecule has 3 aliphatic carbocycles. The molecular weight excluding hydrogens is 391 g/mol. The number of aromatic nitrogens is 2. The van der Waals surface area contributed by atoms with Crippen LogP contribution in [0.5, 0.6) is 11.8 Å². The fourth-order valence-corrected chi connectivity index (χ4v) is 4.52. The first-order chi connectivity index (χ1) is 15.1.